The van der Waals surface area contributed by atoms with Crippen LogP contribution in [0.3, 0.4) is 0 Å². The highest BCUT2D eigenvalue weighted by Gasteiger charge is 2.22. The van der Waals surface area contributed by atoms with E-state index in [0.717, 1.165) is 35.9 Å². The molecule has 10 nitrogen and oxygen atoms in total. The molecule has 4 aromatic rings. The summed E-state index contributed by atoms with van der Waals surface area (Å²) >= 11 is 0. The van der Waals surface area contributed by atoms with Gasteiger partial charge in [-0.1, -0.05) is 25.0 Å². The van der Waals surface area contributed by atoms with Crippen LogP contribution >= 0.6 is 0 Å². The van der Waals surface area contributed by atoms with Gasteiger partial charge in [-0.2, -0.15) is 0 Å². The van der Waals surface area contributed by atoms with E-state index in [1.807, 2.05) is 39.0 Å². The van der Waals surface area contributed by atoms with Crippen LogP contribution in [0.15, 0.2) is 52.1 Å². The van der Waals surface area contributed by atoms with Gasteiger partial charge in [0.25, 0.3) is 11.5 Å². The lowest BCUT2D eigenvalue weighted by molar-refractivity contribution is -0.117. The van der Waals surface area contributed by atoms with E-state index in [4.69, 9.17) is 0 Å². The fraction of sp³-hybridized carbons (Fsp3) is 0.370. The highest BCUT2D eigenvalue weighted by molar-refractivity contribution is 5.98. The van der Waals surface area contributed by atoms with E-state index in [9.17, 15) is 19.2 Å². The maximum Gasteiger partial charge on any atom is 0.352 e. The smallest absolute Gasteiger partial charge is 0.349 e. The van der Waals surface area contributed by atoms with E-state index in [1.54, 1.807) is 24.3 Å². The Morgan fingerprint density at radius 3 is 2.54 bits per heavy atom. The number of rotatable bonds is 6. The van der Waals surface area contributed by atoms with Crippen molar-refractivity contribution in [1.29, 1.82) is 0 Å². The van der Waals surface area contributed by atoms with Crippen molar-refractivity contribution in [1.82, 2.24) is 24.1 Å². The summed E-state index contributed by atoms with van der Waals surface area (Å²) in [5, 5.41) is 10.5. The van der Waals surface area contributed by atoms with Crippen LogP contribution in [-0.4, -0.2) is 36.6 Å². The van der Waals surface area contributed by atoms with Crippen molar-refractivity contribution in [2.75, 3.05) is 5.32 Å². The Hall–Kier alpha value is -4.21. The molecule has 0 aliphatic heterocycles. The Kier molecular flexibility index (Phi) is 6.41. The van der Waals surface area contributed by atoms with Crippen molar-refractivity contribution < 1.29 is 9.59 Å². The van der Waals surface area contributed by atoms with E-state index >= 15 is 0 Å². The van der Waals surface area contributed by atoms with Crippen molar-refractivity contribution in [2.24, 2.45) is 0 Å². The zero-order chi connectivity index (χ0) is 26.3. The number of aromatic nitrogens is 4. The van der Waals surface area contributed by atoms with E-state index in [1.165, 1.54) is 8.97 Å². The summed E-state index contributed by atoms with van der Waals surface area (Å²) in [5.41, 5.74) is 1.36. The van der Waals surface area contributed by atoms with Gasteiger partial charge in [-0.25, -0.2) is 13.9 Å². The van der Waals surface area contributed by atoms with Crippen molar-refractivity contribution in [3.63, 3.8) is 0 Å². The van der Waals surface area contributed by atoms with Gasteiger partial charge in [-0.05, 0) is 69.5 Å². The number of carbonyl (C=O) groups is 2. The molecule has 1 aliphatic carbocycles. The average Bonchev–Trinajstić information content (AvgIpc) is 3.46. The van der Waals surface area contributed by atoms with Crippen molar-refractivity contribution >= 4 is 34.2 Å². The summed E-state index contributed by atoms with van der Waals surface area (Å²) in [6.07, 6.45) is 4.06. The minimum atomic E-state index is -0.567. The Balaban J connectivity index is 1.58. The minimum absolute atomic E-state index is 0.120. The molecule has 2 N–H and O–H groups in total. The van der Waals surface area contributed by atoms with Crippen molar-refractivity contribution in [3.8, 4) is 0 Å². The molecule has 2 aromatic carbocycles. The largest absolute Gasteiger partial charge is 0.352 e. The summed E-state index contributed by atoms with van der Waals surface area (Å²) in [7, 11) is 0. The van der Waals surface area contributed by atoms with Gasteiger partial charge in [0.1, 0.15) is 6.54 Å². The number of hydrogen-bond donors (Lipinski definition) is 2. The summed E-state index contributed by atoms with van der Waals surface area (Å²) in [5.74, 6) is -0.544. The zero-order valence-corrected chi connectivity index (χ0v) is 21.2. The molecule has 1 saturated carbocycles. The predicted molar refractivity (Wildman–Crippen MR) is 141 cm³/mol. The molecule has 0 saturated heterocycles. The number of aryl methyl sites for hydroxylation is 1. The van der Waals surface area contributed by atoms with Crippen molar-refractivity contribution in [3.05, 3.63) is 74.4 Å². The summed E-state index contributed by atoms with van der Waals surface area (Å²) in [6.45, 7) is 5.24. The van der Waals surface area contributed by atoms with Gasteiger partial charge in [0.2, 0.25) is 11.7 Å². The normalized spacial score (nSPS) is 14.1. The predicted octanol–water partition coefficient (Wildman–Crippen LogP) is 3.01. The third-order valence-corrected chi connectivity index (χ3v) is 6.79. The molecule has 2 amide bonds. The minimum Gasteiger partial charge on any atom is -0.349 e. The Labute approximate surface area is 212 Å². The first-order chi connectivity index (χ1) is 17.7. The Morgan fingerprint density at radius 1 is 1.08 bits per heavy atom. The number of nitrogens with zero attached hydrogens (tertiary/aromatic N) is 4. The number of fused-ring (bicyclic) bond motifs is 3. The molecular formula is C27H30N6O4. The fourth-order valence-electron chi connectivity index (χ4n) is 4.99. The number of benzene rings is 2. The highest BCUT2D eigenvalue weighted by Crippen LogP contribution is 2.20. The van der Waals surface area contributed by atoms with Gasteiger partial charge in [0.15, 0.2) is 0 Å². The maximum absolute atomic E-state index is 13.5. The molecule has 0 unspecified atom stereocenters. The van der Waals surface area contributed by atoms with Gasteiger partial charge < -0.3 is 10.6 Å². The molecule has 2 heterocycles. The lowest BCUT2D eigenvalue weighted by Crippen LogP contribution is -2.33. The van der Waals surface area contributed by atoms with E-state index < -0.39 is 11.6 Å². The van der Waals surface area contributed by atoms with Crippen LogP contribution in [0.1, 0.15) is 61.5 Å². The van der Waals surface area contributed by atoms with Gasteiger partial charge in [-0.15, -0.1) is 5.10 Å². The summed E-state index contributed by atoms with van der Waals surface area (Å²) < 4.78 is 3.78. The Morgan fingerprint density at radius 2 is 1.84 bits per heavy atom. The third-order valence-electron chi connectivity index (χ3n) is 6.79. The molecule has 1 fully saturated rings. The van der Waals surface area contributed by atoms with Gasteiger partial charge in [-0.3, -0.25) is 19.0 Å². The number of hydrogen-bond acceptors (Lipinski definition) is 5. The van der Waals surface area contributed by atoms with Gasteiger partial charge in [0.05, 0.1) is 10.9 Å². The van der Waals surface area contributed by atoms with E-state index in [-0.39, 0.29) is 41.4 Å². The molecule has 37 heavy (non-hydrogen) atoms. The van der Waals surface area contributed by atoms with Crippen LogP contribution in [0.2, 0.25) is 0 Å². The topological polar surface area (TPSA) is 120 Å². The Bertz CT molecular complexity index is 1640. The first kappa shape index (κ1) is 24.5. The second-order valence-corrected chi connectivity index (χ2v) is 9.95. The number of nitrogens with one attached hydrogen (secondary N) is 2. The molecule has 192 valence electrons. The average molecular weight is 503 g/mol. The molecule has 10 heteroatoms. The molecule has 0 bridgehead atoms. The van der Waals surface area contributed by atoms with Crippen LogP contribution in [0, 0.1) is 6.92 Å². The van der Waals surface area contributed by atoms with Crippen molar-refractivity contribution in [2.45, 2.75) is 65.1 Å². The molecule has 2 aromatic heterocycles. The molecular weight excluding hydrogens is 472 g/mol. The highest BCUT2D eigenvalue weighted by atomic mass is 16.2. The van der Waals surface area contributed by atoms with E-state index in [2.05, 4.69) is 15.7 Å². The summed E-state index contributed by atoms with van der Waals surface area (Å²) in [6, 6.07) is 11.9. The number of amides is 2. The van der Waals surface area contributed by atoms with Crippen LogP contribution < -0.4 is 21.9 Å². The molecule has 0 radical (unpaired) electrons. The lowest BCUT2D eigenvalue weighted by atomic mass is 10.1. The number of anilines is 1. The SMILES string of the molecule is Cc1cccc(NC(=O)Cn2nc3n(C(C)C)c(=O)c4ccc(C(=O)NC5CCCC5)cc4n3c2=O)c1. The van der Waals surface area contributed by atoms with Crippen LogP contribution in [0.5, 0.6) is 0 Å². The molecule has 0 atom stereocenters. The molecule has 0 spiro atoms. The van der Waals surface area contributed by atoms with Gasteiger partial charge in [0, 0.05) is 23.3 Å². The molecule has 1 aliphatic rings. The van der Waals surface area contributed by atoms with Crippen LogP contribution in [0.25, 0.3) is 16.7 Å². The fourth-order valence-corrected chi connectivity index (χ4v) is 4.99. The first-order valence-electron chi connectivity index (χ1n) is 12.6. The zero-order valence-electron chi connectivity index (χ0n) is 21.2. The second-order valence-electron chi connectivity index (χ2n) is 9.95. The third kappa shape index (κ3) is 4.66. The maximum atomic E-state index is 13.5. The number of carbonyl (C=O) groups excluding carboxylic acids is 2. The lowest BCUT2D eigenvalue weighted by Gasteiger charge is -2.14. The molecule has 5 rings (SSSR count). The summed E-state index contributed by atoms with van der Waals surface area (Å²) in [4.78, 5) is 52.5. The van der Waals surface area contributed by atoms with Gasteiger partial charge >= 0.3 is 5.69 Å². The second kappa shape index (κ2) is 9.68. The van der Waals surface area contributed by atoms with Crippen LogP contribution in [0.4, 0.5) is 5.69 Å². The first-order valence-corrected chi connectivity index (χ1v) is 12.6. The van der Waals surface area contributed by atoms with E-state index in [0.29, 0.717) is 16.6 Å². The quantitative estimate of drug-likeness (QED) is 0.420. The van der Waals surface area contributed by atoms with Crippen LogP contribution in [-0.2, 0) is 11.3 Å². The standard InChI is InChI=1S/C27H30N6O4/c1-16(2)32-25(36)21-12-11-18(24(35)29-19-8-4-5-9-19)14-22(21)33-26(32)30-31(27(33)37)15-23(34)28-20-10-6-7-17(3)13-20/h6-7,10-14,16,19H,4-5,8-9,15H2,1-3H3,(H,28,34)(H,29,35). The monoisotopic (exact) mass is 502 g/mol.